The average Bonchev–Trinajstić information content (AvgIpc) is 2.67. The van der Waals surface area contributed by atoms with Crippen molar-refractivity contribution in [3.63, 3.8) is 0 Å². The zero-order chi connectivity index (χ0) is 20.9. The van der Waals surface area contributed by atoms with Gasteiger partial charge in [0.1, 0.15) is 0 Å². The van der Waals surface area contributed by atoms with Crippen molar-refractivity contribution in [2.45, 2.75) is 32.4 Å². The fraction of sp³-hybridized carbons (Fsp3) is 0.381. The molecule has 0 aromatic heterocycles. The van der Waals surface area contributed by atoms with E-state index in [1.807, 2.05) is 18.2 Å². The standard InChI is InChI=1S/C21H26ClN3O3S/c1-29(27,28)24-18-9-10-19(20(22)13-18)21(26)23-14-16-7-3-4-8-17(16)15-25-11-5-2-6-12-25/h3-4,7-10,13,24H,2,5-6,11-12,14-15H2,1H3,(H,23,26). The van der Waals surface area contributed by atoms with Crippen LogP contribution < -0.4 is 10.0 Å². The Balaban J connectivity index is 1.65. The molecule has 3 rings (SSSR count). The SMILES string of the molecule is CS(=O)(=O)Nc1ccc(C(=O)NCc2ccccc2CN2CCCCC2)c(Cl)c1. The second-order valence-corrected chi connectivity index (χ2v) is 9.51. The van der Waals surface area contributed by atoms with E-state index in [-0.39, 0.29) is 10.9 Å². The number of piperidine rings is 1. The molecular formula is C21H26ClN3O3S. The van der Waals surface area contributed by atoms with E-state index in [9.17, 15) is 13.2 Å². The first-order valence-electron chi connectivity index (χ1n) is 9.66. The number of likely N-dealkylation sites (tertiary alicyclic amines) is 1. The zero-order valence-corrected chi connectivity index (χ0v) is 18.0. The van der Waals surface area contributed by atoms with E-state index in [1.54, 1.807) is 0 Å². The molecule has 2 aromatic carbocycles. The Bertz CT molecular complexity index is 973. The lowest BCUT2D eigenvalue weighted by Gasteiger charge is -2.27. The zero-order valence-electron chi connectivity index (χ0n) is 16.4. The molecule has 29 heavy (non-hydrogen) atoms. The molecule has 0 unspecified atom stereocenters. The van der Waals surface area contributed by atoms with Gasteiger partial charge in [0.15, 0.2) is 0 Å². The third-order valence-corrected chi connectivity index (χ3v) is 5.84. The number of nitrogens with one attached hydrogen (secondary N) is 2. The average molecular weight is 436 g/mol. The molecule has 2 N–H and O–H groups in total. The molecule has 0 spiro atoms. The number of hydrogen-bond donors (Lipinski definition) is 2. The van der Waals surface area contributed by atoms with E-state index in [2.05, 4.69) is 21.0 Å². The molecule has 2 aromatic rings. The smallest absolute Gasteiger partial charge is 0.253 e. The minimum Gasteiger partial charge on any atom is -0.348 e. The summed E-state index contributed by atoms with van der Waals surface area (Å²) < 4.78 is 25.0. The van der Waals surface area contributed by atoms with Crippen molar-refractivity contribution < 1.29 is 13.2 Å². The van der Waals surface area contributed by atoms with Crippen molar-refractivity contribution in [1.82, 2.24) is 10.2 Å². The Morgan fingerprint density at radius 1 is 1.07 bits per heavy atom. The van der Waals surface area contributed by atoms with Gasteiger partial charge in [-0.15, -0.1) is 0 Å². The fourth-order valence-corrected chi connectivity index (χ4v) is 4.31. The van der Waals surface area contributed by atoms with Gasteiger partial charge in [0, 0.05) is 18.8 Å². The molecule has 6 nitrogen and oxygen atoms in total. The van der Waals surface area contributed by atoms with Crippen LogP contribution in [-0.4, -0.2) is 38.6 Å². The number of nitrogens with zero attached hydrogens (tertiary/aromatic N) is 1. The third kappa shape index (κ3) is 6.45. The summed E-state index contributed by atoms with van der Waals surface area (Å²) in [5.41, 5.74) is 2.92. The second-order valence-electron chi connectivity index (χ2n) is 7.36. The highest BCUT2D eigenvalue weighted by atomic mass is 35.5. The van der Waals surface area contributed by atoms with Gasteiger partial charge < -0.3 is 5.32 Å². The summed E-state index contributed by atoms with van der Waals surface area (Å²) in [7, 11) is -3.40. The largest absolute Gasteiger partial charge is 0.348 e. The van der Waals surface area contributed by atoms with Crippen LogP contribution in [0, 0.1) is 0 Å². The molecule has 8 heteroatoms. The van der Waals surface area contributed by atoms with Crippen LogP contribution in [0.15, 0.2) is 42.5 Å². The van der Waals surface area contributed by atoms with Crippen LogP contribution in [0.1, 0.15) is 40.7 Å². The van der Waals surface area contributed by atoms with Gasteiger partial charge in [-0.2, -0.15) is 0 Å². The number of sulfonamides is 1. The minimum absolute atomic E-state index is 0.192. The highest BCUT2D eigenvalue weighted by Gasteiger charge is 2.15. The van der Waals surface area contributed by atoms with Gasteiger partial charge >= 0.3 is 0 Å². The number of carbonyl (C=O) groups is 1. The molecule has 0 radical (unpaired) electrons. The van der Waals surface area contributed by atoms with E-state index in [4.69, 9.17) is 11.6 Å². The molecule has 1 heterocycles. The number of hydrogen-bond acceptors (Lipinski definition) is 4. The van der Waals surface area contributed by atoms with Gasteiger partial charge in [-0.05, 0) is 55.3 Å². The first kappa shape index (κ1) is 21.6. The molecule has 1 aliphatic heterocycles. The van der Waals surface area contributed by atoms with Gasteiger partial charge in [-0.1, -0.05) is 42.3 Å². The van der Waals surface area contributed by atoms with Crippen molar-refractivity contribution in [2.75, 3.05) is 24.1 Å². The molecule has 156 valence electrons. The number of rotatable bonds is 7. The lowest BCUT2D eigenvalue weighted by Crippen LogP contribution is -2.30. The summed E-state index contributed by atoms with van der Waals surface area (Å²) in [6, 6.07) is 12.6. The van der Waals surface area contributed by atoms with Crippen LogP contribution in [0.2, 0.25) is 5.02 Å². The summed E-state index contributed by atoms with van der Waals surface area (Å²) in [6.07, 6.45) is 4.83. The van der Waals surface area contributed by atoms with Crippen LogP contribution in [0.5, 0.6) is 0 Å². The van der Waals surface area contributed by atoms with Gasteiger partial charge in [0.05, 0.1) is 16.8 Å². The van der Waals surface area contributed by atoms with E-state index in [1.165, 1.54) is 43.0 Å². The molecule has 0 saturated carbocycles. The lowest BCUT2D eigenvalue weighted by molar-refractivity contribution is 0.0951. The van der Waals surface area contributed by atoms with E-state index < -0.39 is 10.0 Å². The highest BCUT2D eigenvalue weighted by molar-refractivity contribution is 7.92. The normalized spacial score (nSPS) is 15.1. The summed E-state index contributed by atoms with van der Waals surface area (Å²) in [6.45, 7) is 3.52. The summed E-state index contributed by atoms with van der Waals surface area (Å²) in [5.74, 6) is -0.298. The second kappa shape index (κ2) is 9.61. The maximum Gasteiger partial charge on any atom is 0.253 e. The molecule has 0 bridgehead atoms. The van der Waals surface area contributed by atoms with E-state index in [0.717, 1.165) is 31.5 Å². The summed E-state index contributed by atoms with van der Waals surface area (Å²) >= 11 is 6.19. The topological polar surface area (TPSA) is 78.5 Å². The number of amides is 1. The quantitative estimate of drug-likeness (QED) is 0.696. The Morgan fingerprint density at radius 3 is 2.41 bits per heavy atom. The van der Waals surface area contributed by atoms with Gasteiger partial charge in [0.2, 0.25) is 10.0 Å². The van der Waals surface area contributed by atoms with Crippen molar-refractivity contribution in [3.05, 3.63) is 64.2 Å². The first-order chi connectivity index (χ1) is 13.8. The molecule has 0 aliphatic carbocycles. The van der Waals surface area contributed by atoms with Gasteiger partial charge in [0.25, 0.3) is 5.91 Å². The minimum atomic E-state index is -3.40. The van der Waals surface area contributed by atoms with Crippen molar-refractivity contribution in [1.29, 1.82) is 0 Å². The van der Waals surface area contributed by atoms with Crippen LogP contribution in [0.4, 0.5) is 5.69 Å². The summed E-state index contributed by atoms with van der Waals surface area (Å²) in [5, 5.41) is 3.11. The Hall–Kier alpha value is -2.09. The molecule has 1 amide bonds. The maximum atomic E-state index is 12.6. The molecule has 1 saturated heterocycles. The van der Waals surface area contributed by atoms with Crippen molar-refractivity contribution in [2.24, 2.45) is 0 Å². The number of benzene rings is 2. The predicted molar refractivity (Wildman–Crippen MR) is 117 cm³/mol. The van der Waals surface area contributed by atoms with E-state index >= 15 is 0 Å². The van der Waals surface area contributed by atoms with Crippen LogP contribution >= 0.6 is 11.6 Å². The van der Waals surface area contributed by atoms with Gasteiger partial charge in [-0.25, -0.2) is 8.42 Å². The molecular weight excluding hydrogens is 410 g/mol. The van der Waals surface area contributed by atoms with Gasteiger partial charge in [-0.3, -0.25) is 14.4 Å². The maximum absolute atomic E-state index is 12.6. The molecule has 1 fully saturated rings. The van der Waals surface area contributed by atoms with Crippen LogP contribution in [0.3, 0.4) is 0 Å². The van der Waals surface area contributed by atoms with Crippen LogP contribution in [0.25, 0.3) is 0 Å². The van der Waals surface area contributed by atoms with Crippen molar-refractivity contribution in [3.8, 4) is 0 Å². The Labute approximate surface area is 177 Å². The summed E-state index contributed by atoms with van der Waals surface area (Å²) in [4.78, 5) is 15.0. The Morgan fingerprint density at radius 2 is 1.76 bits per heavy atom. The van der Waals surface area contributed by atoms with E-state index in [0.29, 0.717) is 17.8 Å². The number of anilines is 1. The monoisotopic (exact) mass is 435 g/mol. The first-order valence-corrected chi connectivity index (χ1v) is 11.9. The van der Waals surface area contributed by atoms with Crippen molar-refractivity contribution >= 4 is 33.2 Å². The predicted octanol–water partition coefficient (Wildman–Crippen LogP) is 3.63. The number of halogens is 1. The number of carbonyl (C=O) groups excluding carboxylic acids is 1. The highest BCUT2D eigenvalue weighted by Crippen LogP contribution is 2.22. The Kier molecular flexibility index (Phi) is 7.16. The fourth-order valence-electron chi connectivity index (χ4n) is 3.49. The molecule has 0 atom stereocenters. The molecule has 1 aliphatic rings. The van der Waals surface area contributed by atoms with Crippen LogP contribution in [-0.2, 0) is 23.1 Å². The lowest BCUT2D eigenvalue weighted by atomic mass is 10.0. The third-order valence-electron chi connectivity index (χ3n) is 4.92.